The summed E-state index contributed by atoms with van der Waals surface area (Å²) < 4.78 is 1.85. The Morgan fingerprint density at radius 1 is 1.33 bits per heavy atom. The molecule has 0 saturated heterocycles. The van der Waals surface area contributed by atoms with Crippen LogP contribution in [-0.4, -0.2) is 62.5 Å². The lowest BCUT2D eigenvalue weighted by molar-refractivity contribution is -0.122. The van der Waals surface area contributed by atoms with Gasteiger partial charge in [-0.3, -0.25) is 19.1 Å². The zero-order valence-electron chi connectivity index (χ0n) is 14.8. The number of aryl methyl sites for hydroxylation is 1. The molecule has 0 spiro atoms. The van der Waals surface area contributed by atoms with Gasteiger partial charge in [-0.2, -0.15) is 10.1 Å². The summed E-state index contributed by atoms with van der Waals surface area (Å²) in [5.74, 6) is 0.454. The van der Waals surface area contributed by atoms with Gasteiger partial charge in [0.15, 0.2) is 5.78 Å². The fraction of sp³-hybridized carbons (Fsp3) is 0.500. The molecule has 1 amide bonds. The van der Waals surface area contributed by atoms with E-state index in [0.717, 1.165) is 11.4 Å². The van der Waals surface area contributed by atoms with Crippen LogP contribution in [0.5, 0.6) is 0 Å². The number of ketones is 1. The summed E-state index contributed by atoms with van der Waals surface area (Å²) >= 11 is 0. The van der Waals surface area contributed by atoms with Crippen molar-refractivity contribution in [2.24, 2.45) is 0 Å². The van der Waals surface area contributed by atoms with Gasteiger partial charge in [0.1, 0.15) is 6.33 Å². The molecule has 0 atom stereocenters. The number of rotatable bonds is 7. The minimum atomic E-state index is -0.0903. The molecule has 0 unspecified atom stereocenters. The first kappa shape index (κ1) is 17.9. The molecule has 0 saturated carbocycles. The largest absolute Gasteiger partial charge is 0.353 e. The van der Waals surface area contributed by atoms with Gasteiger partial charge >= 0.3 is 0 Å². The van der Waals surface area contributed by atoms with Crippen molar-refractivity contribution in [2.75, 3.05) is 20.1 Å². The molecule has 0 aliphatic heterocycles. The van der Waals surface area contributed by atoms with E-state index in [1.807, 2.05) is 38.3 Å². The Labute approximate surface area is 141 Å². The highest BCUT2D eigenvalue weighted by molar-refractivity contribution is 5.99. The van der Waals surface area contributed by atoms with Crippen molar-refractivity contribution in [1.29, 1.82) is 0 Å². The van der Waals surface area contributed by atoms with E-state index in [1.165, 1.54) is 6.33 Å². The molecule has 8 nitrogen and oxygen atoms in total. The van der Waals surface area contributed by atoms with Crippen molar-refractivity contribution in [2.45, 2.75) is 33.7 Å². The number of nitrogens with one attached hydrogen (secondary N) is 2. The van der Waals surface area contributed by atoms with E-state index in [0.29, 0.717) is 11.5 Å². The molecule has 0 aliphatic carbocycles. The molecule has 0 radical (unpaired) electrons. The first-order valence-electron chi connectivity index (χ1n) is 7.85. The highest BCUT2D eigenvalue weighted by atomic mass is 16.2. The molecule has 2 N–H and O–H groups in total. The molecule has 24 heavy (non-hydrogen) atoms. The van der Waals surface area contributed by atoms with E-state index in [1.54, 1.807) is 11.9 Å². The normalized spacial score (nSPS) is 11.3. The number of nitrogens with zero attached hydrogens (tertiary/aromatic N) is 4. The first-order chi connectivity index (χ1) is 11.3. The predicted octanol–water partition coefficient (Wildman–Crippen LogP) is 0.851. The van der Waals surface area contributed by atoms with E-state index in [4.69, 9.17) is 0 Å². The number of amides is 1. The van der Waals surface area contributed by atoms with Gasteiger partial charge in [-0.1, -0.05) is 0 Å². The van der Waals surface area contributed by atoms with Gasteiger partial charge < -0.3 is 5.32 Å². The SMILES string of the molecule is Cc1cc(C(=O)CN(C)CC(=O)NC(C)C)c(C)n1-c1ncn[nH]1. The third-order valence-corrected chi connectivity index (χ3v) is 3.62. The van der Waals surface area contributed by atoms with Gasteiger partial charge in [-0.15, -0.1) is 0 Å². The smallest absolute Gasteiger partial charge is 0.234 e. The molecule has 2 heterocycles. The summed E-state index contributed by atoms with van der Waals surface area (Å²) in [5.41, 5.74) is 2.32. The highest BCUT2D eigenvalue weighted by Crippen LogP contribution is 2.18. The first-order valence-corrected chi connectivity index (χ1v) is 7.85. The maximum absolute atomic E-state index is 12.6. The number of H-pyrrole nitrogens is 1. The van der Waals surface area contributed by atoms with Crippen LogP contribution in [0.1, 0.15) is 35.6 Å². The van der Waals surface area contributed by atoms with Crippen molar-refractivity contribution in [1.82, 2.24) is 30.0 Å². The van der Waals surface area contributed by atoms with E-state index in [-0.39, 0.29) is 30.8 Å². The summed E-state index contributed by atoms with van der Waals surface area (Å²) in [6.07, 6.45) is 1.43. The van der Waals surface area contributed by atoms with Crippen LogP contribution in [0, 0.1) is 13.8 Å². The molecule has 2 aromatic rings. The van der Waals surface area contributed by atoms with Crippen molar-refractivity contribution in [3.05, 3.63) is 29.3 Å². The number of hydrogen-bond donors (Lipinski definition) is 2. The number of hydrogen-bond acceptors (Lipinski definition) is 5. The summed E-state index contributed by atoms with van der Waals surface area (Å²) in [6, 6.07) is 1.92. The fourth-order valence-corrected chi connectivity index (χ4v) is 2.68. The number of Topliss-reactive ketones (excluding diaryl/α,β-unsaturated/α-hetero) is 1. The van der Waals surface area contributed by atoms with Crippen molar-refractivity contribution < 1.29 is 9.59 Å². The molecular weight excluding hydrogens is 308 g/mol. The molecule has 0 aromatic carbocycles. The minimum absolute atomic E-state index is 0.0336. The van der Waals surface area contributed by atoms with Crippen LogP contribution < -0.4 is 5.32 Å². The van der Waals surface area contributed by atoms with Crippen molar-refractivity contribution >= 4 is 11.7 Å². The topological polar surface area (TPSA) is 95.9 Å². The van der Waals surface area contributed by atoms with Crippen LogP contribution in [0.4, 0.5) is 0 Å². The number of aromatic amines is 1. The Kier molecular flexibility index (Phi) is 5.50. The van der Waals surface area contributed by atoms with Crippen LogP contribution >= 0.6 is 0 Å². The fourth-order valence-electron chi connectivity index (χ4n) is 2.68. The number of aromatic nitrogens is 4. The summed E-state index contributed by atoms with van der Waals surface area (Å²) in [5, 5.41) is 9.46. The Hall–Kier alpha value is -2.48. The van der Waals surface area contributed by atoms with E-state index >= 15 is 0 Å². The molecule has 8 heteroatoms. The van der Waals surface area contributed by atoms with E-state index in [9.17, 15) is 9.59 Å². The zero-order valence-corrected chi connectivity index (χ0v) is 14.8. The average Bonchev–Trinajstić information content (AvgIpc) is 3.05. The van der Waals surface area contributed by atoms with Gasteiger partial charge in [0.25, 0.3) is 0 Å². The van der Waals surface area contributed by atoms with Gasteiger partial charge in [0.2, 0.25) is 11.9 Å². The zero-order chi connectivity index (χ0) is 17.9. The summed E-state index contributed by atoms with van der Waals surface area (Å²) in [7, 11) is 1.76. The second-order valence-corrected chi connectivity index (χ2v) is 6.25. The molecule has 0 fully saturated rings. The highest BCUT2D eigenvalue weighted by Gasteiger charge is 2.19. The average molecular weight is 332 g/mol. The lowest BCUT2D eigenvalue weighted by atomic mass is 10.1. The molecule has 130 valence electrons. The van der Waals surface area contributed by atoms with Crippen LogP contribution in [0.15, 0.2) is 12.4 Å². The quantitative estimate of drug-likeness (QED) is 0.733. The molecule has 2 aromatic heterocycles. The van der Waals surface area contributed by atoms with Crippen molar-refractivity contribution in [3.8, 4) is 5.95 Å². The van der Waals surface area contributed by atoms with Crippen molar-refractivity contribution in [3.63, 3.8) is 0 Å². The Morgan fingerprint density at radius 3 is 2.62 bits per heavy atom. The second-order valence-electron chi connectivity index (χ2n) is 6.25. The third kappa shape index (κ3) is 4.08. The Morgan fingerprint density at radius 2 is 2.04 bits per heavy atom. The van der Waals surface area contributed by atoms with Crippen LogP contribution in [-0.2, 0) is 4.79 Å². The van der Waals surface area contributed by atoms with E-state index in [2.05, 4.69) is 20.5 Å². The van der Waals surface area contributed by atoms with Crippen LogP contribution in [0.3, 0.4) is 0 Å². The number of carbonyl (C=O) groups is 2. The van der Waals surface area contributed by atoms with E-state index < -0.39 is 0 Å². The minimum Gasteiger partial charge on any atom is -0.353 e. The Bertz CT molecular complexity index is 717. The van der Waals surface area contributed by atoms with Gasteiger partial charge in [0.05, 0.1) is 13.1 Å². The lowest BCUT2D eigenvalue weighted by Gasteiger charge is -2.16. The van der Waals surface area contributed by atoms with Crippen LogP contribution in [0.25, 0.3) is 5.95 Å². The summed E-state index contributed by atoms with van der Waals surface area (Å²) in [6.45, 7) is 7.94. The van der Waals surface area contributed by atoms with Gasteiger partial charge in [-0.25, -0.2) is 5.10 Å². The summed E-state index contributed by atoms with van der Waals surface area (Å²) in [4.78, 5) is 30.2. The lowest BCUT2D eigenvalue weighted by Crippen LogP contribution is -2.40. The van der Waals surface area contributed by atoms with Gasteiger partial charge in [-0.05, 0) is 40.8 Å². The maximum atomic E-state index is 12.6. The second kappa shape index (κ2) is 7.39. The monoisotopic (exact) mass is 332 g/mol. The number of likely N-dealkylation sites (N-methyl/N-ethyl adjacent to an activating group) is 1. The molecule has 0 aliphatic rings. The molecular formula is C16H24N6O2. The third-order valence-electron chi connectivity index (χ3n) is 3.62. The molecule has 2 rings (SSSR count). The molecule has 0 bridgehead atoms. The van der Waals surface area contributed by atoms with Gasteiger partial charge in [0, 0.05) is 23.0 Å². The maximum Gasteiger partial charge on any atom is 0.234 e. The Balaban J connectivity index is 2.08. The van der Waals surface area contributed by atoms with Crippen LogP contribution in [0.2, 0.25) is 0 Å². The number of carbonyl (C=O) groups excluding carboxylic acids is 2. The predicted molar refractivity (Wildman–Crippen MR) is 90.3 cm³/mol. The standard InChI is InChI=1S/C16H24N6O2/c1-10(2)19-15(24)8-21(5)7-14(23)13-6-11(3)22(12(13)4)16-17-9-18-20-16/h6,9-10H,7-8H2,1-5H3,(H,19,24)(H,17,18,20).